The van der Waals surface area contributed by atoms with Crippen molar-refractivity contribution >= 4 is 0 Å². The largest absolute Gasteiger partial charge is 0.396 e. The average Bonchev–Trinajstić information content (AvgIpc) is 2.06. The van der Waals surface area contributed by atoms with E-state index >= 15 is 0 Å². The third-order valence-corrected chi connectivity index (χ3v) is 1.68. The molecule has 0 saturated heterocycles. The summed E-state index contributed by atoms with van der Waals surface area (Å²) in [5.41, 5.74) is 6.37. The Morgan fingerprint density at radius 1 is 1.58 bits per heavy atom. The maximum atomic E-state index is 10.7. The van der Waals surface area contributed by atoms with E-state index in [0.717, 1.165) is 5.56 Å². The van der Waals surface area contributed by atoms with Gasteiger partial charge in [-0.2, -0.15) is 0 Å². The van der Waals surface area contributed by atoms with Gasteiger partial charge in [-0.05, 0) is 12.0 Å². The Kier molecular flexibility index (Phi) is 3.01. The van der Waals surface area contributed by atoms with Crippen molar-refractivity contribution in [2.45, 2.75) is 12.5 Å². The summed E-state index contributed by atoms with van der Waals surface area (Å²) < 4.78 is 0. The molecule has 0 fully saturated rings. The quantitative estimate of drug-likeness (QED) is 0.582. The second-order valence-corrected chi connectivity index (χ2v) is 2.61. The summed E-state index contributed by atoms with van der Waals surface area (Å²) in [6, 6.07) is 2.89. The third kappa shape index (κ3) is 2.18. The molecule has 4 heteroatoms. The predicted molar refractivity (Wildman–Crippen MR) is 45.7 cm³/mol. The molecule has 0 aliphatic rings. The fourth-order valence-electron chi connectivity index (χ4n) is 0.959. The molecule has 12 heavy (non-hydrogen) atoms. The van der Waals surface area contributed by atoms with Gasteiger partial charge in [0.05, 0.1) is 0 Å². The van der Waals surface area contributed by atoms with Gasteiger partial charge in [0.1, 0.15) is 0 Å². The highest BCUT2D eigenvalue weighted by Crippen LogP contribution is 2.09. The zero-order valence-corrected chi connectivity index (χ0v) is 6.66. The molecule has 0 unspecified atom stereocenters. The van der Waals surface area contributed by atoms with Crippen LogP contribution in [0.1, 0.15) is 18.0 Å². The van der Waals surface area contributed by atoms with Crippen molar-refractivity contribution in [1.29, 1.82) is 0 Å². The molecular formula is C8H12N2O2. The van der Waals surface area contributed by atoms with Gasteiger partial charge in [0.2, 0.25) is 5.56 Å². The molecule has 0 saturated carbocycles. The molecule has 1 heterocycles. The number of H-pyrrole nitrogens is 1. The fourth-order valence-corrected chi connectivity index (χ4v) is 0.959. The standard InChI is InChI=1S/C8H12N2O2/c9-7(3-4-11)6-1-2-8(12)10-5-6/h1-2,5,7,11H,3-4,9H2,(H,10,12)/t7-/m0/s1. The lowest BCUT2D eigenvalue weighted by atomic mass is 10.1. The van der Waals surface area contributed by atoms with E-state index in [2.05, 4.69) is 4.98 Å². The maximum Gasteiger partial charge on any atom is 0.247 e. The summed E-state index contributed by atoms with van der Waals surface area (Å²) in [7, 11) is 0. The minimum atomic E-state index is -0.202. The number of nitrogens with one attached hydrogen (secondary N) is 1. The van der Waals surface area contributed by atoms with Gasteiger partial charge in [0.25, 0.3) is 0 Å². The number of pyridine rings is 1. The van der Waals surface area contributed by atoms with Crippen LogP contribution in [-0.4, -0.2) is 16.7 Å². The molecule has 0 bridgehead atoms. The van der Waals surface area contributed by atoms with Crippen molar-refractivity contribution in [2.75, 3.05) is 6.61 Å². The highest BCUT2D eigenvalue weighted by atomic mass is 16.3. The van der Waals surface area contributed by atoms with Crippen LogP contribution in [0.2, 0.25) is 0 Å². The molecule has 1 rings (SSSR count). The van der Waals surface area contributed by atoms with E-state index in [1.165, 1.54) is 6.07 Å². The van der Waals surface area contributed by atoms with Crippen LogP contribution >= 0.6 is 0 Å². The van der Waals surface area contributed by atoms with Crippen molar-refractivity contribution < 1.29 is 5.11 Å². The number of hydrogen-bond donors (Lipinski definition) is 3. The summed E-state index contributed by atoms with van der Waals surface area (Å²) in [6.45, 7) is 0.0558. The molecule has 1 aromatic rings. The molecule has 66 valence electrons. The minimum Gasteiger partial charge on any atom is -0.396 e. The third-order valence-electron chi connectivity index (χ3n) is 1.68. The van der Waals surface area contributed by atoms with Gasteiger partial charge in [-0.1, -0.05) is 6.07 Å². The van der Waals surface area contributed by atoms with Gasteiger partial charge in [0, 0.05) is 24.9 Å². The second-order valence-electron chi connectivity index (χ2n) is 2.61. The first-order chi connectivity index (χ1) is 5.74. The monoisotopic (exact) mass is 168 g/mol. The van der Waals surface area contributed by atoms with Gasteiger partial charge in [-0.25, -0.2) is 0 Å². The first-order valence-electron chi connectivity index (χ1n) is 3.79. The maximum absolute atomic E-state index is 10.7. The van der Waals surface area contributed by atoms with Crippen molar-refractivity contribution in [3.8, 4) is 0 Å². The van der Waals surface area contributed by atoms with Crippen LogP contribution < -0.4 is 11.3 Å². The van der Waals surface area contributed by atoms with E-state index < -0.39 is 0 Å². The van der Waals surface area contributed by atoms with Gasteiger partial charge in [-0.15, -0.1) is 0 Å². The van der Waals surface area contributed by atoms with Crippen molar-refractivity contribution in [1.82, 2.24) is 4.98 Å². The Hall–Kier alpha value is -1.13. The zero-order chi connectivity index (χ0) is 8.97. The lowest BCUT2D eigenvalue weighted by Crippen LogP contribution is -2.14. The van der Waals surface area contributed by atoms with E-state index in [0.29, 0.717) is 6.42 Å². The first-order valence-corrected chi connectivity index (χ1v) is 3.79. The number of aromatic nitrogens is 1. The van der Waals surface area contributed by atoms with Gasteiger partial charge in [-0.3, -0.25) is 4.79 Å². The van der Waals surface area contributed by atoms with Gasteiger partial charge >= 0.3 is 0 Å². The molecule has 4 N–H and O–H groups in total. The van der Waals surface area contributed by atoms with Crippen LogP contribution in [0, 0.1) is 0 Å². The molecule has 0 spiro atoms. The Balaban J connectivity index is 2.75. The Morgan fingerprint density at radius 2 is 2.33 bits per heavy atom. The van der Waals surface area contributed by atoms with Crippen LogP contribution in [0.4, 0.5) is 0 Å². The molecule has 4 nitrogen and oxygen atoms in total. The van der Waals surface area contributed by atoms with E-state index in [1.54, 1.807) is 12.3 Å². The number of rotatable bonds is 3. The lowest BCUT2D eigenvalue weighted by Gasteiger charge is -2.08. The minimum absolute atomic E-state index is 0.0558. The van der Waals surface area contributed by atoms with Gasteiger partial charge < -0.3 is 15.8 Å². The summed E-state index contributed by atoms with van der Waals surface area (Å²) in [4.78, 5) is 13.2. The highest BCUT2D eigenvalue weighted by Gasteiger charge is 2.03. The fraction of sp³-hybridized carbons (Fsp3) is 0.375. The lowest BCUT2D eigenvalue weighted by molar-refractivity contribution is 0.276. The zero-order valence-electron chi connectivity index (χ0n) is 6.66. The number of aliphatic hydroxyl groups excluding tert-OH is 1. The van der Waals surface area contributed by atoms with E-state index in [9.17, 15) is 4.79 Å². The van der Waals surface area contributed by atoms with Crippen molar-refractivity contribution in [2.24, 2.45) is 5.73 Å². The SMILES string of the molecule is N[C@@H](CCO)c1ccc(=O)[nH]c1. The molecule has 0 radical (unpaired) electrons. The first kappa shape index (κ1) is 8.96. The number of aliphatic hydroxyl groups is 1. The van der Waals surface area contributed by atoms with Crippen LogP contribution in [0.3, 0.4) is 0 Å². The molecular weight excluding hydrogens is 156 g/mol. The van der Waals surface area contributed by atoms with Crippen molar-refractivity contribution in [3.63, 3.8) is 0 Å². The van der Waals surface area contributed by atoms with Crippen LogP contribution in [0.5, 0.6) is 0 Å². The van der Waals surface area contributed by atoms with E-state index in [-0.39, 0.29) is 18.2 Å². The smallest absolute Gasteiger partial charge is 0.247 e. The van der Waals surface area contributed by atoms with E-state index in [1.807, 2.05) is 0 Å². The molecule has 0 aliphatic heterocycles. The topological polar surface area (TPSA) is 79.1 Å². The average molecular weight is 168 g/mol. The summed E-state index contributed by atoms with van der Waals surface area (Å²) in [5.74, 6) is 0. The molecule has 0 amide bonds. The summed E-state index contributed by atoms with van der Waals surface area (Å²) in [5, 5.41) is 8.60. The molecule has 0 aliphatic carbocycles. The molecule has 1 atom stereocenters. The number of hydrogen-bond acceptors (Lipinski definition) is 3. The predicted octanol–water partition coefficient (Wildman–Crippen LogP) is -0.243. The normalized spacial score (nSPS) is 12.8. The van der Waals surface area contributed by atoms with Crippen LogP contribution in [-0.2, 0) is 0 Å². The summed E-state index contributed by atoms with van der Waals surface area (Å²) >= 11 is 0. The van der Waals surface area contributed by atoms with E-state index in [4.69, 9.17) is 10.8 Å². The van der Waals surface area contributed by atoms with Crippen LogP contribution in [0.25, 0.3) is 0 Å². The van der Waals surface area contributed by atoms with Crippen LogP contribution in [0.15, 0.2) is 23.1 Å². The Bertz CT molecular complexity index is 275. The summed E-state index contributed by atoms with van der Waals surface area (Å²) in [6.07, 6.45) is 2.08. The molecule has 1 aromatic heterocycles. The van der Waals surface area contributed by atoms with Crippen molar-refractivity contribution in [3.05, 3.63) is 34.2 Å². The highest BCUT2D eigenvalue weighted by molar-refractivity contribution is 5.12. The number of nitrogens with two attached hydrogens (primary N) is 1. The van der Waals surface area contributed by atoms with Gasteiger partial charge in [0.15, 0.2) is 0 Å². The molecule has 0 aromatic carbocycles. The second kappa shape index (κ2) is 4.04. The number of aromatic amines is 1. The Morgan fingerprint density at radius 3 is 2.83 bits per heavy atom. The Labute approximate surface area is 70.0 Å².